The highest BCUT2D eigenvalue weighted by Crippen LogP contribution is 2.38. The molecule has 29 heavy (non-hydrogen) atoms. The molecule has 0 spiro atoms. The molecule has 2 heterocycles. The van der Waals surface area contributed by atoms with Crippen LogP contribution in [0.4, 0.5) is 0 Å². The van der Waals surface area contributed by atoms with E-state index in [4.69, 9.17) is 18.9 Å². The third-order valence-electron chi connectivity index (χ3n) is 6.44. The van der Waals surface area contributed by atoms with Crippen LogP contribution in [-0.2, 0) is 29.0 Å². The van der Waals surface area contributed by atoms with Gasteiger partial charge in [-0.25, -0.2) is 13.1 Å². The summed E-state index contributed by atoms with van der Waals surface area (Å²) in [5.41, 5.74) is 0. The number of sulfonamides is 1. The van der Waals surface area contributed by atoms with Gasteiger partial charge in [-0.15, -0.1) is 0 Å². The van der Waals surface area contributed by atoms with Crippen molar-refractivity contribution in [3.63, 3.8) is 0 Å². The van der Waals surface area contributed by atoms with E-state index in [1.165, 1.54) is 0 Å². The van der Waals surface area contributed by atoms with Gasteiger partial charge in [0.1, 0.15) is 0 Å². The van der Waals surface area contributed by atoms with Crippen molar-refractivity contribution < 1.29 is 27.4 Å². The molecule has 0 bridgehead atoms. The molecule has 3 rings (SSSR count). The van der Waals surface area contributed by atoms with Gasteiger partial charge in [-0.05, 0) is 50.9 Å². The molecule has 3 fully saturated rings. The second-order valence-corrected chi connectivity index (χ2v) is 10.6. The first-order valence-electron chi connectivity index (χ1n) is 11.5. The van der Waals surface area contributed by atoms with Crippen molar-refractivity contribution in [2.24, 2.45) is 11.8 Å². The largest absolute Gasteiger partial charge is 0.353 e. The van der Waals surface area contributed by atoms with Crippen molar-refractivity contribution >= 4 is 10.0 Å². The Morgan fingerprint density at radius 3 is 2.14 bits per heavy atom. The lowest BCUT2D eigenvalue weighted by atomic mass is 9.95. The van der Waals surface area contributed by atoms with E-state index in [2.05, 4.69) is 11.6 Å². The summed E-state index contributed by atoms with van der Waals surface area (Å²) in [5, 5.41) is 0. The fourth-order valence-electron chi connectivity index (χ4n) is 4.54. The molecule has 2 saturated heterocycles. The molecule has 0 aromatic heterocycles. The minimum atomic E-state index is -3.26. The van der Waals surface area contributed by atoms with E-state index in [1.54, 1.807) is 0 Å². The lowest BCUT2D eigenvalue weighted by Crippen LogP contribution is -2.39. The fraction of sp³-hybridized carbons (Fsp3) is 1.00. The normalized spacial score (nSPS) is 36.3. The quantitative estimate of drug-likeness (QED) is 0.570. The van der Waals surface area contributed by atoms with Gasteiger partial charge in [0.25, 0.3) is 0 Å². The highest BCUT2D eigenvalue weighted by molar-refractivity contribution is 7.89. The van der Waals surface area contributed by atoms with Gasteiger partial charge >= 0.3 is 0 Å². The van der Waals surface area contributed by atoms with Crippen molar-refractivity contribution in [2.45, 2.75) is 96.4 Å². The van der Waals surface area contributed by atoms with Crippen LogP contribution in [-0.4, -0.2) is 58.7 Å². The van der Waals surface area contributed by atoms with Gasteiger partial charge in [-0.3, -0.25) is 0 Å². The molecule has 2 aliphatic heterocycles. The molecule has 0 aromatic carbocycles. The third kappa shape index (κ3) is 7.14. The van der Waals surface area contributed by atoms with Crippen LogP contribution in [0.1, 0.15) is 71.6 Å². The maximum atomic E-state index is 12.3. The second-order valence-electron chi connectivity index (χ2n) is 8.72. The van der Waals surface area contributed by atoms with Gasteiger partial charge in [-0.1, -0.05) is 20.3 Å². The minimum Gasteiger partial charge on any atom is -0.353 e. The Kier molecular flexibility index (Phi) is 9.20. The summed E-state index contributed by atoms with van der Waals surface area (Å²) in [6, 6.07) is 0. The average molecular weight is 434 g/mol. The highest BCUT2D eigenvalue weighted by atomic mass is 32.2. The number of hydrogen-bond acceptors (Lipinski definition) is 6. The van der Waals surface area contributed by atoms with Gasteiger partial charge in [0.15, 0.2) is 12.6 Å². The molecule has 0 radical (unpaired) electrons. The number of nitrogens with one attached hydrogen (secondary N) is 1. The number of ether oxygens (including phenoxy) is 4. The number of hydrogen-bond donors (Lipinski definition) is 1. The van der Waals surface area contributed by atoms with Crippen LogP contribution in [0.2, 0.25) is 0 Å². The van der Waals surface area contributed by atoms with Crippen LogP contribution in [0, 0.1) is 11.8 Å². The minimum absolute atomic E-state index is 0.0110. The maximum absolute atomic E-state index is 12.3. The SMILES string of the molecule is CCCCS(=O)(=O)NCC1C(OC2CCCCO2)CC(OC2CCCCO2)C1C. The van der Waals surface area contributed by atoms with Gasteiger partial charge < -0.3 is 18.9 Å². The molecule has 6 unspecified atom stereocenters. The Morgan fingerprint density at radius 2 is 1.59 bits per heavy atom. The second kappa shape index (κ2) is 11.4. The Hall–Kier alpha value is -0.250. The molecule has 1 N–H and O–H groups in total. The molecule has 7 nitrogen and oxygen atoms in total. The van der Waals surface area contributed by atoms with E-state index < -0.39 is 10.0 Å². The monoisotopic (exact) mass is 433 g/mol. The Bertz CT molecular complexity index is 574. The van der Waals surface area contributed by atoms with E-state index in [0.717, 1.165) is 64.6 Å². The number of rotatable bonds is 10. The standard InChI is InChI=1S/C21H39NO6S/c1-3-4-13-29(23,24)22-15-17-16(2)18(27-20-9-5-7-11-25-20)14-19(17)28-21-10-6-8-12-26-21/h16-22H,3-15H2,1-2H3. The van der Waals surface area contributed by atoms with Gasteiger partial charge in [-0.2, -0.15) is 0 Å². The van der Waals surface area contributed by atoms with Crippen LogP contribution >= 0.6 is 0 Å². The van der Waals surface area contributed by atoms with Crippen LogP contribution < -0.4 is 4.72 Å². The summed E-state index contributed by atoms with van der Waals surface area (Å²) < 4.78 is 51.6. The first kappa shape index (κ1) is 23.4. The molecule has 0 aromatic rings. The van der Waals surface area contributed by atoms with Crippen molar-refractivity contribution in [1.29, 1.82) is 0 Å². The number of unbranched alkanes of at least 4 members (excludes halogenated alkanes) is 1. The van der Waals surface area contributed by atoms with Crippen LogP contribution in [0.5, 0.6) is 0 Å². The average Bonchev–Trinajstić information content (AvgIpc) is 3.01. The molecule has 1 aliphatic carbocycles. The third-order valence-corrected chi connectivity index (χ3v) is 7.87. The highest BCUT2D eigenvalue weighted by Gasteiger charge is 2.44. The zero-order valence-electron chi connectivity index (χ0n) is 18.0. The van der Waals surface area contributed by atoms with Crippen LogP contribution in [0.25, 0.3) is 0 Å². The Balaban J connectivity index is 1.61. The maximum Gasteiger partial charge on any atom is 0.211 e. The summed E-state index contributed by atoms with van der Waals surface area (Å²) in [6.07, 6.45) is 8.12. The first-order chi connectivity index (χ1) is 14.0. The van der Waals surface area contributed by atoms with E-state index in [-0.39, 0.29) is 42.4 Å². The zero-order valence-corrected chi connectivity index (χ0v) is 18.8. The van der Waals surface area contributed by atoms with Crippen LogP contribution in [0.3, 0.4) is 0 Å². The fourth-order valence-corrected chi connectivity index (χ4v) is 5.80. The van der Waals surface area contributed by atoms with E-state index in [1.807, 2.05) is 6.92 Å². The lowest BCUT2D eigenvalue weighted by Gasteiger charge is -2.30. The summed E-state index contributed by atoms with van der Waals surface area (Å²) >= 11 is 0. The van der Waals surface area contributed by atoms with Gasteiger partial charge in [0, 0.05) is 32.1 Å². The predicted molar refractivity (Wildman–Crippen MR) is 111 cm³/mol. The van der Waals surface area contributed by atoms with E-state index in [9.17, 15) is 8.42 Å². The Morgan fingerprint density at radius 1 is 0.966 bits per heavy atom. The summed E-state index contributed by atoms with van der Waals surface area (Å²) in [4.78, 5) is 0. The predicted octanol–water partition coefficient (Wildman–Crippen LogP) is 3.19. The molecule has 170 valence electrons. The van der Waals surface area contributed by atoms with E-state index >= 15 is 0 Å². The lowest BCUT2D eigenvalue weighted by molar-refractivity contribution is -0.204. The summed E-state index contributed by atoms with van der Waals surface area (Å²) in [7, 11) is -3.26. The van der Waals surface area contributed by atoms with Crippen molar-refractivity contribution in [2.75, 3.05) is 25.5 Å². The van der Waals surface area contributed by atoms with Crippen molar-refractivity contribution in [3.8, 4) is 0 Å². The molecule has 8 heteroatoms. The van der Waals surface area contributed by atoms with Gasteiger partial charge in [0.2, 0.25) is 10.0 Å². The van der Waals surface area contributed by atoms with Gasteiger partial charge in [0.05, 0.1) is 18.0 Å². The van der Waals surface area contributed by atoms with Crippen LogP contribution in [0.15, 0.2) is 0 Å². The molecular formula is C21H39NO6S. The molecule has 6 atom stereocenters. The zero-order chi connectivity index (χ0) is 20.7. The van der Waals surface area contributed by atoms with Crippen molar-refractivity contribution in [1.82, 2.24) is 4.72 Å². The Labute approximate surface area is 176 Å². The summed E-state index contributed by atoms with van der Waals surface area (Å²) in [6.45, 7) is 6.01. The topological polar surface area (TPSA) is 83.1 Å². The first-order valence-corrected chi connectivity index (χ1v) is 13.1. The smallest absolute Gasteiger partial charge is 0.211 e. The van der Waals surface area contributed by atoms with E-state index in [0.29, 0.717) is 13.0 Å². The molecule has 1 saturated carbocycles. The van der Waals surface area contributed by atoms with Crippen molar-refractivity contribution in [3.05, 3.63) is 0 Å². The molecular weight excluding hydrogens is 394 g/mol. The summed E-state index contributed by atoms with van der Waals surface area (Å²) in [5.74, 6) is 0.422. The molecule has 3 aliphatic rings. The molecule has 0 amide bonds.